The fraction of sp³-hybridized carbons (Fsp3) is 0.143. The number of nitrogens with zero attached hydrogens (tertiary/aromatic N) is 2. The van der Waals surface area contributed by atoms with Gasteiger partial charge in [-0.15, -0.1) is 0 Å². The summed E-state index contributed by atoms with van der Waals surface area (Å²) in [7, 11) is 0. The highest BCUT2D eigenvalue weighted by Crippen LogP contribution is 2.14. The number of carbonyl (C=O) groups excluding carboxylic acids is 1. The summed E-state index contributed by atoms with van der Waals surface area (Å²) in [4.78, 5) is 26.7. The van der Waals surface area contributed by atoms with Crippen molar-refractivity contribution >= 4 is 17.0 Å². The van der Waals surface area contributed by atoms with Crippen LogP contribution in [0.15, 0.2) is 45.9 Å². The number of nitrogens with one attached hydrogen (secondary N) is 2. The molecule has 0 aliphatic heterocycles. The van der Waals surface area contributed by atoms with Gasteiger partial charge in [-0.05, 0) is 30.2 Å². The SMILES string of the molecule is O=C(NCCc1ccc2ocnc2c1)c1ccc(=O)[nH]n1. The van der Waals surface area contributed by atoms with Crippen molar-refractivity contribution in [2.24, 2.45) is 0 Å². The van der Waals surface area contributed by atoms with E-state index in [1.807, 2.05) is 18.2 Å². The average Bonchev–Trinajstić information content (AvgIpc) is 2.95. The van der Waals surface area contributed by atoms with E-state index in [-0.39, 0.29) is 17.2 Å². The van der Waals surface area contributed by atoms with Gasteiger partial charge in [0.05, 0.1) is 0 Å². The highest BCUT2D eigenvalue weighted by molar-refractivity contribution is 5.91. The summed E-state index contributed by atoms with van der Waals surface area (Å²) >= 11 is 0. The smallest absolute Gasteiger partial charge is 0.271 e. The highest BCUT2D eigenvalue weighted by Gasteiger charge is 2.07. The zero-order chi connectivity index (χ0) is 14.7. The van der Waals surface area contributed by atoms with Crippen LogP contribution in [0.25, 0.3) is 11.1 Å². The molecule has 0 saturated carbocycles. The van der Waals surface area contributed by atoms with Crippen molar-refractivity contribution in [3.8, 4) is 0 Å². The van der Waals surface area contributed by atoms with Crippen molar-refractivity contribution in [1.29, 1.82) is 0 Å². The number of amides is 1. The molecule has 7 heteroatoms. The van der Waals surface area contributed by atoms with Gasteiger partial charge in [-0.2, -0.15) is 5.10 Å². The van der Waals surface area contributed by atoms with E-state index in [0.717, 1.165) is 16.7 Å². The van der Waals surface area contributed by atoms with Gasteiger partial charge in [0.25, 0.3) is 11.5 Å². The summed E-state index contributed by atoms with van der Waals surface area (Å²) in [5, 5.41) is 8.63. The molecule has 0 aliphatic carbocycles. The molecule has 1 aromatic carbocycles. The van der Waals surface area contributed by atoms with Crippen molar-refractivity contribution in [3.05, 3.63) is 58.3 Å². The number of aromatic nitrogens is 3. The number of hydrogen-bond acceptors (Lipinski definition) is 5. The molecule has 0 radical (unpaired) electrons. The van der Waals surface area contributed by atoms with E-state index in [0.29, 0.717) is 13.0 Å². The molecule has 7 nitrogen and oxygen atoms in total. The molecule has 0 bridgehead atoms. The predicted molar refractivity (Wildman–Crippen MR) is 74.9 cm³/mol. The Bertz CT molecular complexity index is 817. The molecule has 2 heterocycles. The topological polar surface area (TPSA) is 101 Å². The molecule has 0 saturated heterocycles. The van der Waals surface area contributed by atoms with Crippen LogP contribution in [0.4, 0.5) is 0 Å². The van der Waals surface area contributed by atoms with Crippen LogP contribution < -0.4 is 10.9 Å². The third kappa shape index (κ3) is 2.97. The molecule has 0 unspecified atom stereocenters. The quantitative estimate of drug-likeness (QED) is 0.740. The van der Waals surface area contributed by atoms with E-state index in [9.17, 15) is 9.59 Å². The lowest BCUT2D eigenvalue weighted by Gasteiger charge is -2.04. The number of fused-ring (bicyclic) bond motifs is 1. The van der Waals surface area contributed by atoms with Gasteiger partial charge >= 0.3 is 0 Å². The normalized spacial score (nSPS) is 10.7. The largest absolute Gasteiger partial charge is 0.443 e. The van der Waals surface area contributed by atoms with E-state index in [1.165, 1.54) is 18.5 Å². The summed E-state index contributed by atoms with van der Waals surface area (Å²) in [5.74, 6) is -0.325. The zero-order valence-corrected chi connectivity index (χ0v) is 11.0. The first-order chi connectivity index (χ1) is 10.2. The van der Waals surface area contributed by atoms with Crippen molar-refractivity contribution < 1.29 is 9.21 Å². The highest BCUT2D eigenvalue weighted by atomic mass is 16.3. The van der Waals surface area contributed by atoms with Gasteiger partial charge in [0, 0.05) is 12.6 Å². The number of carbonyl (C=O) groups is 1. The van der Waals surface area contributed by atoms with Crippen LogP contribution >= 0.6 is 0 Å². The summed E-state index contributed by atoms with van der Waals surface area (Å²) in [6, 6.07) is 8.35. The van der Waals surface area contributed by atoms with E-state index in [4.69, 9.17) is 4.42 Å². The molecule has 21 heavy (non-hydrogen) atoms. The maximum absolute atomic E-state index is 11.8. The second-order valence-corrected chi connectivity index (χ2v) is 4.47. The Morgan fingerprint density at radius 1 is 1.29 bits per heavy atom. The first-order valence-corrected chi connectivity index (χ1v) is 6.38. The molecule has 0 fully saturated rings. The van der Waals surface area contributed by atoms with Gasteiger partial charge < -0.3 is 9.73 Å². The number of benzene rings is 1. The van der Waals surface area contributed by atoms with Gasteiger partial charge in [-0.3, -0.25) is 9.59 Å². The lowest BCUT2D eigenvalue weighted by molar-refractivity contribution is 0.0948. The number of hydrogen-bond donors (Lipinski definition) is 2. The van der Waals surface area contributed by atoms with Crippen LogP contribution in [-0.4, -0.2) is 27.6 Å². The van der Waals surface area contributed by atoms with Crippen molar-refractivity contribution in [2.75, 3.05) is 6.54 Å². The Labute approximate surface area is 119 Å². The van der Waals surface area contributed by atoms with Crippen molar-refractivity contribution in [3.63, 3.8) is 0 Å². The molecule has 106 valence electrons. The third-order valence-corrected chi connectivity index (χ3v) is 3.01. The minimum atomic E-state index is -0.340. The van der Waals surface area contributed by atoms with E-state index < -0.39 is 0 Å². The van der Waals surface area contributed by atoms with Crippen molar-refractivity contribution in [1.82, 2.24) is 20.5 Å². The van der Waals surface area contributed by atoms with Crippen LogP contribution in [0, 0.1) is 0 Å². The summed E-state index contributed by atoms with van der Waals surface area (Å²) < 4.78 is 5.16. The van der Waals surface area contributed by atoms with Crippen LogP contribution in [0.5, 0.6) is 0 Å². The number of rotatable bonds is 4. The van der Waals surface area contributed by atoms with Crippen LogP contribution in [0.1, 0.15) is 16.1 Å². The van der Waals surface area contributed by atoms with E-state index in [1.54, 1.807) is 0 Å². The van der Waals surface area contributed by atoms with Crippen LogP contribution in [0.2, 0.25) is 0 Å². The van der Waals surface area contributed by atoms with Crippen LogP contribution in [0.3, 0.4) is 0 Å². The van der Waals surface area contributed by atoms with Gasteiger partial charge in [-0.25, -0.2) is 10.1 Å². The predicted octanol–water partition coefficient (Wildman–Crippen LogP) is 0.884. The molecule has 0 aliphatic rings. The molecular formula is C14H12N4O3. The lowest BCUT2D eigenvalue weighted by atomic mass is 10.1. The van der Waals surface area contributed by atoms with Gasteiger partial charge in [0.2, 0.25) is 0 Å². The monoisotopic (exact) mass is 284 g/mol. The summed E-state index contributed by atoms with van der Waals surface area (Å²) in [6.07, 6.45) is 2.07. The minimum Gasteiger partial charge on any atom is -0.443 e. The molecule has 3 rings (SSSR count). The second-order valence-electron chi connectivity index (χ2n) is 4.47. The molecular weight excluding hydrogens is 272 g/mol. The third-order valence-electron chi connectivity index (χ3n) is 3.01. The maximum Gasteiger partial charge on any atom is 0.271 e. The van der Waals surface area contributed by atoms with Gasteiger partial charge in [-0.1, -0.05) is 6.07 Å². The van der Waals surface area contributed by atoms with E-state index in [2.05, 4.69) is 20.5 Å². The average molecular weight is 284 g/mol. The summed E-state index contributed by atoms with van der Waals surface area (Å²) in [5.41, 5.74) is 2.42. The van der Waals surface area contributed by atoms with Gasteiger partial charge in [0.15, 0.2) is 12.0 Å². The second kappa shape index (κ2) is 5.58. The number of oxazole rings is 1. The minimum absolute atomic E-state index is 0.182. The molecule has 2 aromatic heterocycles. The Morgan fingerprint density at radius 2 is 2.19 bits per heavy atom. The standard InChI is InChI=1S/C14H12N4O3/c19-13-4-2-10(17-18-13)14(20)15-6-5-9-1-3-12-11(7-9)16-8-21-12/h1-4,7-8H,5-6H2,(H,15,20)(H,18,19). The molecule has 2 N–H and O–H groups in total. The first-order valence-electron chi connectivity index (χ1n) is 6.38. The molecule has 1 amide bonds. The maximum atomic E-state index is 11.8. The lowest BCUT2D eigenvalue weighted by Crippen LogP contribution is -2.27. The Morgan fingerprint density at radius 3 is 3.00 bits per heavy atom. The molecule has 0 atom stereocenters. The Balaban J connectivity index is 1.59. The number of H-pyrrole nitrogens is 1. The summed E-state index contributed by atoms with van der Waals surface area (Å²) in [6.45, 7) is 0.461. The fourth-order valence-corrected chi connectivity index (χ4v) is 1.94. The number of aromatic amines is 1. The Hall–Kier alpha value is -2.96. The first kappa shape index (κ1) is 13.0. The van der Waals surface area contributed by atoms with Gasteiger partial charge in [0.1, 0.15) is 11.2 Å². The Kier molecular flexibility index (Phi) is 3.46. The van der Waals surface area contributed by atoms with E-state index >= 15 is 0 Å². The molecule has 0 spiro atoms. The molecule has 3 aromatic rings. The zero-order valence-electron chi connectivity index (χ0n) is 11.0. The van der Waals surface area contributed by atoms with Crippen molar-refractivity contribution in [2.45, 2.75) is 6.42 Å². The van der Waals surface area contributed by atoms with Crippen LogP contribution in [-0.2, 0) is 6.42 Å². The fourth-order valence-electron chi connectivity index (χ4n) is 1.94.